The molecule has 0 spiro atoms. The summed E-state index contributed by atoms with van der Waals surface area (Å²) in [4.78, 5) is -0.673. The molecule has 0 fully saturated rings. The van der Waals surface area contributed by atoms with Crippen LogP contribution < -0.4 is 4.72 Å². The SMILES string of the molecule is O=S(=O)(NCCc1ccc(S(=O)(=O)c2ccc(O)c(O)c2)cc1)c1cc(O)c(O)cc1-c1ccc(O)c(O)c1. The maximum Gasteiger partial charge on any atom is 0.241 e. The van der Waals surface area contributed by atoms with E-state index in [-0.39, 0.29) is 38.8 Å². The summed E-state index contributed by atoms with van der Waals surface area (Å²) in [5.74, 6) is -3.24. The molecule has 0 aliphatic carbocycles. The molecule has 0 aliphatic heterocycles. The first-order valence-corrected chi connectivity index (χ1v) is 14.2. The quantitative estimate of drug-likeness (QED) is 0.154. The van der Waals surface area contributed by atoms with Gasteiger partial charge in [-0.15, -0.1) is 0 Å². The second-order valence-electron chi connectivity index (χ2n) is 8.49. The van der Waals surface area contributed by atoms with Crippen LogP contribution in [-0.2, 0) is 26.3 Å². The fourth-order valence-electron chi connectivity index (χ4n) is 3.75. The third kappa shape index (κ3) is 5.70. The molecule has 204 valence electrons. The van der Waals surface area contributed by atoms with E-state index in [1.165, 1.54) is 30.3 Å². The number of sulfone groups is 1. The number of phenolic OH excluding ortho intramolecular Hbond substituents is 6. The van der Waals surface area contributed by atoms with E-state index in [0.717, 1.165) is 42.5 Å². The molecule has 0 bridgehead atoms. The number of phenols is 6. The Morgan fingerprint density at radius 1 is 0.564 bits per heavy atom. The van der Waals surface area contributed by atoms with Gasteiger partial charge in [0.2, 0.25) is 19.9 Å². The Bertz CT molecular complexity index is 1770. The standard InChI is InChI=1S/C26H23NO10S2/c28-20-7-3-16(11-22(20)30)19-13-24(32)25(33)14-26(19)39(36,37)27-10-9-15-1-4-17(5-2-15)38(34,35)18-6-8-21(29)23(31)12-18/h1-8,11-14,27-33H,9-10H2. The molecular weight excluding hydrogens is 550 g/mol. The minimum absolute atomic E-state index is 0.0390. The summed E-state index contributed by atoms with van der Waals surface area (Å²) in [7, 11) is -8.23. The van der Waals surface area contributed by atoms with Crippen LogP contribution in [0, 0.1) is 0 Å². The molecule has 4 aromatic rings. The van der Waals surface area contributed by atoms with Gasteiger partial charge >= 0.3 is 0 Å². The van der Waals surface area contributed by atoms with Gasteiger partial charge < -0.3 is 30.6 Å². The van der Waals surface area contributed by atoms with Gasteiger partial charge in [0.05, 0.1) is 14.7 Å². The van der Waals surface area contributed by atoms with Gasteiger partial charge in [0.15, 0.2) is 34.5 Å². The number of rotatable bonds is 8. The van der Waals surface area contributed by atoms with Crippen LogP contribution in [0.4, 0.5) is 0 Å². The lowest BCUT2D eigenvalue weighted by Gasteiger charge is -2.14. The normalized spacial score (nSPS) is 11.9. The van der Waals surface area contributed by atoms with Crippen molar-refractivity contribution in [1.29, 1.82) is 0 Å². The molecule has 4 rings (SSSR count). The summed E-state index contributed by atoms with van der Waals surface area (Å²) in [5, 5.41) is 58.3. The Morgan fingerprint density at radius 2 is 1.10 bits per heavy atom. The van der Waals surface area contributed by atoms with Crippen LogP contribution in [0.2, 0.25) is 0 Å². The van der Waals surface area contributed by atoms with E-state index in [2.05, 4.69) is 4.72 Å². The molecule has 0 unspecified atom stereocenters. The molecule has 0 aromatic heterocycles. The smallest absolute Gasteiger partial charge is 0.241 e. The molecule has 0 saturated carbocycles. The number of hydrogen-bond acceptors (Lipinski definition) is 10. The number of aromatic hydroxyl groups is 6. The second kappa shape index (κ2) is 10.4. The fourth-order valence-corrected chi connectivity index (χ4v) is 6.29. The zero-order chi connectivity index (χ0) is 28.5. The van der Waals surface area contributed by atoms with E-state index in [9.17, 15) is 47.5 Å². The number of hydrogen-bond donors (Lipinski definition) is 7. The molecule has 0 heterocycles. The Kier molecular flexibility index (Phi) is 7.33. The van der Waals surface area contributed by atoms with Crippen molar-refractivity contribution in [3.63, 3.8) is 0 Å². The van der Waals surface area contributed by atoms with Crippen LogP contribution >= 0.6 is 0 Å². The van der Waals surface area contributed by atoms with E-state index in [4.69, 9.17) is 0 Å². The lowest BCUT2D eigenvalue weighted by Crippen LogP contribution is -2.26. The molecule has 39 heavy (non-hydrogen) atoms. The van der Waals surface area contributed by atoms with Crippen LogP contribution in [0.15, 0.2) is 87.5 Å². The summed E-state index contributed by atoms with van der Waals surface area (Å²) in [5.41, 5.74) is 0.713. The molecule has 13 heteroatoms. The first kappa shape index (κ1) is 27.6. The number of benzene rings is 4. The van der Waals surface area contributed by atoms with Crippen molar-refractivity contribution in [1.82, 2.24) is 4.72 Å². The summed E-state index contributed by atoms with van der Waals surface area (Å²) >= 11 is 0. The predicted octanol–water partition coefficient (Wildman–Crippen LogP) is 2.94. The Morgan fingerprint density at radius 3 is 1.72 bits per heavy atom. The van der Waals surface area contributed by atoms with E-state index in [1.54, 1.807) is 0 Å². The first-order chi connectivity index (χ1) is 18.3. The number of nitrogens with one attached hydrogen (secondary N) is 1. The minimum Gasteiger partial charge on any atom is -0.504 e. The average molecular weight is 574 g/mol. The highest BCUT2D eigenvalue weighted by Crippen LogP contribution is 2.39. The van der Waals surface area contributed by atoms with E-state index in [1.807, 2.05) is 0 Å². The zero-order valence-corrected chi connectivity index (χ0v) is 21.6. The average Bonchev–Trinajstić information content (AvgIpc) is 2.88. The summed E-state index contributed by atoms with van der Waals surface area (Å²) in [6.45, 7) is -0.109. The highest BCUT2D eigenvalue weighted by Gasteiger charge is 2.23. The van der Waals surface area contributed by atoms with Crippen molar-refractivity contribution in [3.8, 4) is 45.6 Å². The third-order valence-electron chi connectivity index (χ3n) is 5.85. The van der Waals surface area contributed by atoms with Crippen LogP contribution in [0.5, 0.6) is 34.5 Å². The summed E-state index contributed by atoms with van der Waals surface area (Å²) in [6.07, 6.45) is 0.166. The fraction of sp³-hybridized carbons (Fsp3) is 0.0769. The maximum atomic E-state index is 13.1. The first-order valence-electron chi connectivity index (χ1n) is 11.2. The van der Waals surface area contributed by atoms with Gasteiger partial charge in [0, 0.05) is 24.2 Å². The lowest BCUT2D eigenvalue weighted by molar-refractivity contribution is 0.402. The Hall–Kier alpha value is -4.46. The summed E-state index contributed by atoms with van der Waals surface area (Å²) < 4.78 is 54.2. The van der Waals surface area contributed by atoms with Crippen molar-refractivity contribution < 1.29 is 47.5 Å². The van der Waals surface area contributed by atoms with Crippen LogP contribution in [0.1, 0.15) is 5.56 Å². The summed E-state index contributed by atoms with van der Waals surface area (Å²) in [6, 6.07) is 14.3. The third-order valence-corrected chi connectivity index (χ3v) is 9.12. The van der Waals surface area contributed by atoms with Gasteiger partial charge in [-0.3, -0.25) is 0 Å². The highest BCUT2D eigenvalue weighted by atomic mass is 32.2. The van der Waals surface area contributed by atoms with Crippen molar-refractivity contribution in [2.24, 2.45) is 0 Å². The molecule has 7 N–H and O–H groups in total. The lowest BCUT2D eigenvalue weighted by atomic mass is 10.0. The molecular formula is C26H23NO10S2. The van der Waals surface area contributed by atoms with Crippen molar-refractivity contribution in [2.45, 2.75) is 21.1 Å². The van der Waals surface area contributed by atoms with E-state index < -0.39 is 54.4 Å². The molecule has 0 aliphatic rings. The van der Waals surface area contributed by atoms with Crippen LogP contribution in [0.25, 0.3) is 11.1 Å². The van der Waals surface area contributed by atoms with E-state index >= 15 is 0 Å². The minimum atomic E-state index is -4.25. The zero-order valence-electron chi connectivity index (χ0n) is 20.0. The monoisotopic (exact) mass is 573 g/mol. The maximum absolute atomic E-state index is 13.1. The van der Waals surface area contributed by atoms with Gasteiger partial charge in [0.1, 0.15) is 0 Å². The van der Waals surface area contributed by atoms with Crippen LogP contribution in [0.3, 0.4) is 0 Å². The van der Waals surface area contributed by atoms with Crippen LogP contribution in [-0.4, -0.2) is 54.0 Å². The van der Waals surface area contributed by atoms with Crippen molar-refractivity contribution in [3.05, 3.63) is 78.4 Å². The predicted molar refractivity (Wildman–Crippen MR) is 139 cm³/mol. The van der Waals surface area contributed by atoms with Crippen molar-refractivity contribution >= 4 is 19.9 Å². The van der Waals surface area contributed by atoms with Gasteiger partial charge in [-0.2, -0.15) is 0 Å². The molecule has 11 nitrogen and oxygen atoms in total. The topological polar surface area (TPSA) is 202 Å². The molecule has 4 aromatic carbocycles. The Balaban J connectivity index is 1.52. The molecule has 0 atom stereocenters. The van der Waals surface area contributed by atoms with Gasteiger partial charge in [0.25, 0.3) is 0 Å². The van der Waals surface area contributed by atoms with E-state index in [0.29, 0.717) is 5.56 Å². The highest BCUT2D eigenvalue weighted by molar-refractivity contribution is 7.91. The largest absolute Gasteiger partial charge is 0.504 e. The van der Waals surface area contributed by atoms with Gasteiger partial charge in [-0.25, -0.2) is 21.6 Å². The van der Waals surface area contributed by atoms with Gasteiger partial charge in [-0.05, 0) is 60.0 Å². The second-order valence-corrected chi connectivity index (χ2v) is 12.2. The van der Waals surface area contributed by atoms with Crippen molar-refractivity contribution in [2.75, 3.05) is 6.54 Å². The van der Waals surface area contributed by atoms with Gasteiger partial charge in [-0.1, -0.05) is 18.2 Å². The molecule has 0 saturated heterocycles. The molecule has 0 radical (unpaired) electrons. The molecule has 0 amide bonds. The Labute approximate surface area is 223 Å². The number of sulfonamides is 1.